The highest BCUT2D eigenvalue weighted by Gasteiger charge is 2.21. The maximum atomic E-state index is 12.8. The number of primary amides is 1. The average Bonchev–Trinajstić information content (AvgIpc) is 3.40. The molecule has 2 amide bonds. The molecule has 0 radical (unpaired) electrons. The third-order valence-corrected chi connectivity index (χ3v) is 4.92. The first-order valence-corrected chi connectivity index (χ1v) is 9.19. The number of rotatable bonds is 6. The number of aromatic nitrogens is 2. The third-order valence-electron chi connectivity index (χ3n) is 4.16. The zero-order valence-electron chi connectivity index (χ0n) is 14.8. The Hall–Kier alpha value is -3.43. The Bertz CT molecular complexity index is 1170. The molecule has 0 saturated carbocycles. The van der Waals surface area contributed by atoms with Gasteiger partial charge in [-0.15, -0.1) is 11.3 Å². The fourth-order valence-electron chi connectivity index (χ4n) is 2.87. The van der Waals surface area contributed by atoms with E-state index >= 15 is 0 Å². The van der Waals surface area contributed by atoms with E-state index in [1.165, 1.54) is 11.3 Å². The van der Waals surface area contributed by atoms with Crippen LogP contribution in [0.2, 0.25) is 0 Å². The summed E-state index contributed by atoms with van der Waals surface area (Å²) in [7, 11) is 1.56. The normalized spacial score (nSPS) is 11.0. The Morgan fingerprint density at radius 1 is 1.36 bits per heavy atom. The van der Waals surface area contributed by atoms with E-state index in [1.807, 2.05) is 18.2 Å². The number of nitrogens with zero attached hydrogens (tertiary/aromatic N) is 1. The molecule has 0 unspecified atom stereocenters. The number of nitrogens with two attached hydrogens (primary N) is 1. The standard InChI is InChI=1S/C19H16N4O4S/c1-26-8-12-11-4-2-3-5-15(11)27-16(12)18(25)23-19-22-14(9-28-19)10-6-13(17(20)24)21-7-10/h2-7,9,21H,8H2,1H3,(H2,20,24)(H,22,23,25). The van der Waals surface area contributed by atoms with Gasteiger partial charge in [0.15, 0.2) is 10.9 Å². The van der Waals surface area contributed by atoms with Gasteiger partial charge in [0.05, 0.1) is 12.3 Å². The number of amides is 2. The number of anilines is 1. The van der Waals surface area contributed by atoms with Gasteiger partial charge in [-0.2, -0.15) is 0 Å². The van der Waals surface area contributed by atoms with Crippen LogP contribution < -0.4 is 11.1 Å². The molecule has 0 aliphatic carbocycles. The smallest absolute Gasteiger partial charge is 0.293 e. The lowest BCUT2D eigenvalue weighted by Crippen LogP contribution is -2.13. The number of hydrogen-bond donors (Lipinski definition) is 3. The lowest BCUT2D eigenvalue weighted by Gasteiger charge is -2.02. The molecule has 3 aromatic heterocycles. The van der Waals surface area contributed by atoms with E-state index in [-0.39, 0.29) is 12.4 Å². The first kappa shape index (κ1) is 18.0. The molecule has 8 nitrogen and oxygen atoms in total. The molecule has 4 aromatic rings. The molecule has 142 valence electrons. The Morgan fingerprint density at radius 2 is 2.18 bits per heavy atom. The zero-order chi connectivity index (χ0) is 19.7. The van der Waals surface area contributed by atoms with E-state index in [9.17, 15) is 9.59 Å². The van der Waals surface area contributed by atoms with Crippen molar-refractivity contribution < 1.29 is 18.7 Å². The number of benzene rings is 1. The number of fused-ring (bicyclic) bond motifs is 1. The predicted molar refractivity (Wildman–Crippen MR) is 105 cm³/mol. The molecular formula is C19H16N4O4S. The number of aromatic amines is 1. The van der Waals surface area contributed by atoms with Crippen molar-refractivity contribution in [2.24, 2.45) is 5.73 Å². The van der Waals surface area contributed by atoms with E-state index in [2.05, 4.69) is 15.3 Å². The lowest BCUT2D eigenvalue weighted by atomic mass is 10.1. The van der Waals surface area contributed by atoms with Gasteiger partial charge in [-0.25, -0.2) is 4.98 Å². The van der Waals surface area contributed by atoms with E-state index in [0.29, 0.717) is 33.2 Å². The van der Waals surface area contributed by atoms with Crippen LogP contribution in [0, 0.1) is 0 Å². The summed E-state index contributed by atoms with van der Waals surface area (Å²) in [6, 6.07) is 9.01. The van der Waals surface area contributed by atoms with Crippen molar-refractivity contribution in [2.75, 3.05) is 12.4 Å². The number of H-pyrrole nitrogens is 1. The van der Waals surface area contributed by atoms with Gasteiger partial charge >= 0.3 is 0 Å². The molecule has 0 spiro atoms. The molecule has 1 aromatic carbocycles. The summed E-state index contributed by atoms with van der Waals surface area (Å²) in [6.45, 7) is 0.252. The molecule has 0 aliphatic rings. The van der Waals surface area contributed by atoms with Crippen LogP contribution in [0.4, 0.5) is 5.13 Å². The summed E-state index contributed by atoms with van der Waals surface area (Å²) >= 11 is 1.27. The van der Waals surface area contributed by atoms with Crippen LogP contribution >= 0.6 is 11.3 Å². The lowest BCUT2D eigenvalue weighted by molar-refractivity contribution is 0.0986. The van der Waals surface area contributed by atoms with E-state index in [4.69, 9.17) is 14.9 Å². The Balaban J connectivity index is 1.59. The van der Waals surface area contributed by atoms with Crippen molar-refractivity contribution >= 4 is 39.3 Å². The third kappa shape index (κ3) is 3.28. The van der Waals surface area contributed by atoms with Gasteiger partial charge in [-0.05, 0) is 12.1 Å². The first-order valence-electron chi connectivity index (χ1n) is 8.31. The van der Waals surface area contributed by atoms with E-state index < -0.39 is 11.8 Å². The van der Waals surface area contributed by atoms with Crippen molar-refractivity contribution in [3.63, 3.8) is 0 Å². The Kier molecular flexibility index (Phi) is 4.68. The number of methoxy groups -OCH3 is 1. The summed E-state index contributed by atoms with van der Waals surface area (Å²) in [5, 5.41) is 5.77. The fourth-order valence-corrected chi connectivity index (χ4v) is 3.59. The highest BCUT2D eigenvalue weighted by atomic mass is 32.1. The summed E-state index contributed by atoms with van der Waals surface area (Å²) in [5.74, 6) is -0.765. The number of para-hydroxylation sites is 1. The monoisotopic (exact) mass is 396 g/mol. The largest absolute Gasteiger partial charge is 0.451 e. The van der Waals surface area contributed by atoms with Crippen molar-refractivity contribution in [3.8, 4) is 11.3 Å². The molecule has 28 heavy (non-hydrogen) atoms. The van der Waals surface area contributed by atoms with Gasteiger partial charge < -0.3 is 19.9 Å². The van der Waals surface area contributed by atoms with Crippen LogP contribution in [0.1, 0.15) is 26.6 Å². The van der Waals surface area contributed by atoms with E-state index in [0.717, 1.165) is 5.39 Å². The fraction of sp³-hybridized carbons (Fsp3) is 0.105. The summed E-state index contributed by atoms with van der Waals surface area (Å²) < 4.78 is 11.0. The molecule has 9 heteroatoms. The molecule has 4 rings (SSSR count). The number of hydrogen-bond acceptors (Lipinski definition) is 6. The first-order chi connectivity index (χ1) is 13.6. The minimum absolute atomic E-state index is 0.192. The quantitative estimate of drug-likeness (QED) is 0.461. The average molecular weight is 396 g/mol. The van der Waals surface area contributed by atoms with Crippen LogP contribution in [0.15, 0.2) is 46.3 Å². The van der Waals surface area contributed by atoms with Crippen molar-refractivity contribution in [3.05, 3.63) is 58.9 Å². The minimum atomic E-state index is -0.550. The second-order valence-electron chi connectivity index (χ2n) is 6.00. The number of carbonyl (C=O) groups excluding carboxylic acids is 2. The second-order valence-corrected chi connectivity index (χ2v) is 6.86. The van der Waals surface area contributed by atoms with Crippen molar-refractivity contribution in [1.29, 1.82) is 0 Å². The molecular weight excluding hydrogens is 380 g/mol. The van der Waals surface area contributed by atoms with Crippen LogP contribution in [-0.2, 0) is 11.3 Å². The highest BCUT2D eigenvalue weighted by Crippen LogP contribution is 2.29. The van der Waals surface area contributed by atoms with Gasteiger partial charge in [-0.3, -0.25) is 14.9 Å². The highest BCUT2D eigenvalue weighted by molar-refractivity contribution is 7.14. The van der Waals surface area contributed by atoms with Gasteiger partial charge in [0, 0.05) is 35.2 Å². The Morgan fingerprint density at radius 3 is 2.93 bits per heavy atom. The molecule has 4 N–H and O–H groups in total. The van der Waals surface area contributed by atoms with E-state index in [1.54, 1.807) is 30.8 Å². The maximum Gasteiger partial charge on any atom is 0.293 e. The number of furan rings is 1. The summed E-state index contributed by atoms with van der Waals surface area (Å²) in [6.07, 6.45) is 1.64. The predicted octanol–water partition coefficient (Wildman–Crippen LogP) is 3.38. The maximum absolute atomic E-state index is 12.8. The van der Waals surface area contributed by atoms with Crippen LogP contribution in [0.3, 0.4) is 0 Å². The molecule has 3 heterocycles. The second kappa shape index (κ2) is 7.29. The van der Waals surface area contributed by atoms with Crippen LogP contribution in [-0.4, -0.2) is 28.9 Å². The summed E-state index contributed by atoms with van der Waals surface area (Å²) in [4.78, 5) is 31.1. The molecule has 0 bridgehead atoms. The molecule has 0 aliphatic heterocycles. The number of nitrogens with one attached hydrogen (secondary N) is 2. The zero-order valence-corrected chi connectivity index (χ0v) is 15.6. The topological polar surface area (TPSA) is 123 Å². The number of ether oxygens (including phenoxy) is 1. The minimum Gasteiger partial charge on any atom is -0.451 e. The Labute approximate surface area is 163 Å². The van der Waals surface area contributed by atoms with Gasteiger partial charge in [0.1, 0.15) is 11.3 Å². The molecule has 0 saturated heterocycles. The number of thiazole rings is 1. The van der Waals surface area contributed by atoms with Gasteiger partial charge in [0.2, 0.25) is 0 Å². The van der Waals surface area contributed by atoms with Gasteiger partial charge in [-0.1, -0.05) is 18.2 Å². The number of carbonyl (C=O) groups is 2. The van der Waals surface area contributed by atoms with Crippen LogP contribution in [0.5, 0.6) is 0 Å². The molecule has 0 fully saturated rings. The SMILES string of the molecule is COCc1c(C(=O)Nc2nc(-c3c[nH]c(C(N)=O)c3)cs2)oc2ccccc12. The van der Waals surface area contributed by atoms with Crippen molar-refractivity contribution in [1.82, 2.24) is 9.97 Å². The van der Waals surface area contributed by atoms with Gasteiger partial charge in [0.25, 0.3) is 11.8 Å². The van der Waals surface area contributed by atoms with Crippen LogP contribution in [0.25, 0.3) is 22.2 Å². The van der Waals surface area contributed by atoms with Crippen molar-refractivity contribution in [2.45, 2.75) is 6.61 Å². The molecule has 0 atom stereocenters. The summed E-state index contributed by atoms with van der Waals surface area (Å²) in [5.41, 5.74) is 8.16.